The second kappa shape index (κ2) is 6.73. The van der Waals surface area contributed by atoms with Gasteiger partial charge in [0.15, 0.2) is 5.13 Å². The number of anilines is 1. The van der Waals surface area contributed by atoms with E-state index >= 15 is 0 Å². The Bertz CT molecular complexity index is 921. The highest BCUT2D eigenvalue weighted by Crippen LogP contribution is 2.36. The summed E-state index contributed by atoms with van der Waals surface area (Å²) in [5.74, 6) is 0.264. The van der Waals surface area contributed by atoms with Crippen molar-refractivity contribution in [2.24, 2.45) is 5.92 Å². The van der Waals surface area contributed by atoms with Gasteiger partial charge in [-0.25, -0.2) is 4.98 Å². The SMILES string of the molecule is Cc1cc(Cl)cc2sc(N(Cc3ccccn3)C(=O)C3CCC3)nc12. The summed E-state index contributed by atoms with van der Waals surface area (Å²) in [5, 5.41) is 1.42. The third kappa shape index (κ3) is 3.26. The van der Waals surface area contributed by atoms with E-state index in [-0.39, 0.29) is 11.8 Å². The number of rotatable bonds is 4. The molecular formula is C19H18ClN3OS. The molecule has 128 valence electrons. The Morgan fingerprint density at radius 2 is 2.20 bits per heavy atom. The fourth-order valence-corrected chi connectivity index (χ4v) is 4.45. The molecule has 1 fully saturated rings. The van der Waals surface area contributed by atoms with Gasteiger partial charge in [0.2, 0.25) is 5.91 Å². The quantitative estimate of drug-likeness (QED) is 0.649. The van der Waals surface area contributed by atoms with Crippen LogP contribution < -0.4 is 4.90 Å². The van der Waals surface area contributed by atoms with Crippen LogP contribution in [-0.2, 0) is 11.3 Å². The van der Waals surface area contributed by atoms with E-state index in [2.05, 4.69) is 4.98 Å². The molecule has 1 saturated carbocycles. The van der Waals surface area contributed by atoms with Crippen LogP contribution >= 0.6 is 22.9 Å². The molecule has 0 bridgehead atoms. The molecule has 0 N–H and O–H groups in total. The smallest absolute Gasteiger partial charge is 0.232 e. The van der Waals surface area contributed by atoms with Crippen LogP contribution in [0.25, 0.3) is 10.2 Å². The summed E-state index contributed by atoms with van der Waals surface area (Å²) in [6.45, 7) is 2.44. The lowest BCUT2D eigenvalue weighted by Crippen LogP contribution is -2.38. The zero-order valence-corrected chi connectivity index (χ0v) is 15.5. The van der Waals surface area contributed by atoms with Crippen LogP contribution in [0.1, 0.15) is 30.5 Å². The van der Waals surface area contributed by atoms with Crippen molar-refractivity contribution >= 4 is 44.2 Å². The number of carbonyl (C=O) groups excluding carboxylic acids is 1. The third-order valence-corrected chi connectivity index (χ3v) is 5.88. The van der Waals surface area contributed by atoms with Gasteiger partial charge in [-0.15, -0.1) is 0 Å². The largest absolute Gasteiger partial charge is 0.282 e. The number of hydrogen-bond acceptors (Lipinski definition) is 4. The number of halogens is 1. The molecule has 4 rings (SSSR count). The predicted molar refractivity (Wildman–Crippen MR) is 102 cm³/mol. The van der Waals surface area contributed by atoms with Gasteiger partial charge in [0, 0.05) is 17.1 Å². The molecule has 3 aromatic rings. The first kappa shape index (κ1) is 16.5. The highest BCUT2D eigenvalue weighted by atomic mass is 35.5. The monoisotopic (exact) mass is 371 g/mol. The number of benzene rings is 1. The molecule has 0 saturated heterocycles. The van der Waals surface area contributed by atoms with E-state index in [1.165, 1.54) is 11.3 Å². The standard InChI is InChI=1S/C19H18ClN3OS/c1-12-9-14(20)10-16-17(12)22-19(25-16)23(18(24)13-5-4-6-13)11-15-7-2-3-8-21-15/h2-3,7-10,13H,4-6,11H2,1H3. The minimum Gasteiger partial charge on any atom is -0.282 e. The molecule has 0 atom stereocenters. The maximum absolute atomic E-state index is 13.0. The van der Waals surface area contributed by atoms with Gasteiger partial charge in [0.05, 0.1) is 22.5 Å². The van der Waals surface area contributed by atoms with E-state index in [4.69, 9.17) is 16.6 Å². The van der Waals surface area contributed by atoms with Crippen molar-refractivity contribution in [3.8, 4) is 0 Å². The molecule has 1 aromatic carbocycles. The highest BCUT2D eigenvalue weighted by Gasteiger charge is 2.32. The average Bonchev–Trinajstić information content (AvgIpc) is 2.95. The van der Waals surface area contributed by atoms with Crippen LogP contribution in [0, 0.1) is 12.8 Å². The molecule has 2 aromatic heterocycles. The van der Waals surface area contributed by atoms with Crippen LogP contribution in [0.4, 0.5) is 5.13 Å². The molecule has 1 aliphatic carbocycles. The molecule has 25 heavy (non-hydrogen) atoms. The van der Waals surface area contributed by atoms with Crippen molar-refractivity contribution in [1.82, 2.24) is 9.97 Å². The number of aromatic nitrogens is 2. The van der Waals surface area contributed by atoms with Crippen molar-refractivity contribution in [2.75, 3.05) is 4.90 Å². The summed E-state index contributed by atoms with van der Waals surface area (Å²) in [5.41, 5.74) is 2.81. The molecule has 0 radical (unpaired) electrons. The minimum absolute atomic E-state index is 0.111. The molecular weight excluding hydrogens is 354 g/mol. The third-order valence-electron chi connectivity index (χ3n) is 4.64. The zero-order valence-electron chi connectivity index (χ0n) is 13.9. The van der Waals surface area contributed by atoms with Gasteiger partial charge < -0.3 is 0 Å². The second-order valence-electron chi connectivity index (χ2n) is 6.44. The minimum atomic E-state index is 0.111. The van der Waals surface area contributed by atoms with Crippen LogP contribution in [0.15, 0.2) is 36.5 Å². The van der Waals surface area contributed by atoms with Gasteiger partial charge in [-0.1, -0.05) is 35.4 Å². The Morgan fingerprint density at radius 1 is 1.36 bits per heavy atom. The van der Waals surface area contributed by atoms with Crippen LogP contribution in [0.5, 0.6) is 0 Å². The number of carbonyl (C=O) groups is 1. The highest BCUT2D eigenvalue weighted by molar-refractivity contribution is 7.22. The van der Waals surface area contributed by atoms with Crippen LogP contribution in [0.3, 0.4) is 0 Å². The number of thiazole rings is 1. The van der Waals surface area contributed by atoms with Crippen molar-refractivity contribution in [2.45, 2.75) is 32.7 Å². The molecule has 4 nitrogen and oxygen atoms in total. The zero-order chi connectivity index (χ0) is 17.4. The van der Waals surface area contributed by atoms with Crippen molar-refractivity contribution < 1.29 is 4.79 Å². The maximum atomic E-state index is 13.0. The first-order chi connectivity index (χ1) is 12.1. The van der Waals surface area contributed by atoms with E-state index in [0.29, 0.717) is 11.6 Å². The Kier molecular flexibility index (Phi) is 4.44. The van der Waals surface area contributed by atoms with E-state index in [1.54, 1.807) is 11.1 Å². The summed E-state index contributed by atoms with van der Waals surface area (Å²) in [6, 6.07) is 9.58. The van der Waals surface area contributed by atoms with Crippen LogP contribution in [-0.4, -0.2) is 15.9 Å². The van der Waals surface area contributed by atoms with Gasteiger partial charge in [0.25, 0.3) is 0 Å². The Balaban J connectivity index is 1.74. The van der Waals surface area contributed by atoms with Crippen molar-refractivity contribution in [3.63, 3.8) is 0 Å². The maximum Gasteiger partial charge on any atom is 0.232 e. The molecule has 6 heteroatoms. The van der Waals surface area contributed by atoms with E-state index in [0.717, 1.165) is 45.9 Å². The molecule has 0 spiro atoms. The second-order valence-corrected chi connectivity index (χ2v) is 7.88. The summed E-state index contributed by atoms with van der Waals surface area (Å²) in [7, 11) is 0. The van der Waals surface area contributed by atoms with Gasteiger partial charge in [-0.3, -0.25) is 14.7 Å². The summed E-state index contributed by atoms with van der Waals surface area (Å²) >= 11 is 7.69. The van der Waals surface area contributed by atoms with E-state index < -0.39 is 0 Å². The van der Waals surface area contributed by atoms with Gasteiger partial charge in [0.1, 0.15) is 0 Å². The topological polar surface area (TPSA) is 46.1 Å². The lowest BCUT2D eigenvalue weighted by atomic mass is 9.84. The lowest BCUT2D eigenvalue weighted by Gasteiger charge is -2.30. The fourth-order valence-electron chi connectivity index (χ4n) is 3.03. The molecule has 0 aliphatic heterocycles. The summed E-state index contributed by atoms with van der Waals surface area (Å²) in [6.07, 6.45) is 4.81. The van der Waals surface area contributed by atoms with Gasteiger partial charge >= 0.3 is 0 Å². The van der Waals surface area contributed by atoms with Crippen LogP contribution in [0.2, 0.25) is 5.02 Å². The van der Waals surface area contributed by atoms with Gasteiger partial charge in [-0.05, 0) is 49.6 Å². The number of hydrogen-bond donors (Lipinski definition) is 0. The predicted octanol–water partition coefficient (Wildman–Crippen LogP) is 4.99. The number of aryl methyl sites for hydroxylation is 1. The number of pyridine rings is 1. The number of amides is 1. The lowest BCUT2D eigenvalue weighted by molar-refractivity contribution is -0.124. The Morgan fingerprint density at radius 3 is 2.88 bits per heavy atom. The van der Waals surface area contributed by atoms with E-state index in [1.807, 2.05) is 37.3 Å². The average molecular weight is 372 g/mol. The molecule has 1 amide bonds. The van der Waals surface area contributed by atoms with E-state index in [9.17, 15) is 4.79 Å². The molecule has 0 unspecified atom stereocenters. The fraction of sp³-hybridized carbons (Fsp3) is 0.316. The molecule has 2 heterocycles. The van der Waals surface area contributed by atoms with Gasteiger partial charge in [-0.2, -0.15) is 0 Å². The first-order valence-electron chi connectivity index (χ1n) is 8.40. The Hall–Kier alpha value is -1.98. The normalized spacial score (nSPS) is 14.5. The first-order valence-corrected chi connectivity index (χ1v) is 9.59. The van der Waals surface area contributed by atoms with Crippen molar-refractivity contribution in [3.05, 3.63) is 52.8 Å². The summed E-state index contributed by atoms with van der Waals surface area (Å²) < 4.78 is 1.01. The van der Waals surface area contributed by atoms with Crippen molar-refractivity contribution in [1.29, 1.82) is 0 Å². The number of nitrogens with zero attached hydrogens (tertiary/aromatic N) is 3. The Labute approximate surface area is 155 Å². The number of fused-ring (bicyclic) bond motifs is 1. The summed E-state index contributed by atoms with van der Waals surface area (Å²) in [4.78, 5) is 23.9. The molecule has 1 aliphatic rings.